The van der Waals surface area contributed by atoms with Gasteiger partial charge in [0.15, 0.2) is 0 Å². The largest absolute Gasteiger partial charge is 0.494 e. The third-order valence-corrected chi connectivity index (χ3v) is 4.61. The standard InChI is InChI=1S/C18H28ClNO.ClH/c1-2-3-4-11-20-12-8-16(9-13-20)10-14-21-18-7-5-6-17(19)15-18;/h5-7,15-16H,2-4,8-14H2,1H3;1H. The van der Waals surface area contributed by atoms with Crippen molar-refractivity contribution in [2.45, 2.75) is 45.4 Å². The number of ether oxygens (including phenoxy) is 1. The molecular weight excluding hydrogens is 317 g/mol. The normalized spacial score (nSPS) is 16.3. The van der Waals surface area contributed by atoms with Gasteiger partial charge in [-0.05, 0) is 69.4 Å². The lowest BCUT2D eigenvalue weighted by atomic mass is 9.94. The molecule has 22 heavy (non-hydrogen) atoms. The lowest BCUT2D eigenvalue weighted by molar-refractivity contribution is 0.161. The van der Waals surface area contributed by atoms with Gasteiger partial charge >= 0.3 is 0 Å². The van der Waals surface area contributed by atoms with Crippen LogP contribution in [0, 0.1) is 5.92 Å². The first-order chi connectivity index (χ1) is 10.3. The third kappa shape index (κ3) is 7.21. The minimum atomic E-state index is 0. The zero-order valence-electron chi connectivity index (χ0n) is 13.6. The molecule has 0 N–H and O–H groups in total. The number of benzene rings is 1. The first-order valence-electron chi connectivity index (χ1n) is 8.38. The summed E-state index contributed by atoms with van der Waals surface area (Å²) in [5.41, 5.74) is 0. The number of hydrogen-bond acceptors (Lipinski definition) is 2. The molecule has 2 nitrogen and oxygen atoms in total. The average Bonchev–Trinajstić information content (AvgIpc) is 2.49. The van der Waals surface area contributed by atoms with Crippen LogP contribution in [0.15, 0.2) is 24.3 Å². The van der Waals surface area contributed by atoms with E-state index in [0.29, 0.717) is 0 Å². The van der Waals surface area contributed by atoms with Crippen molar-refractivity contribution >= 4 is 24.0 Å². The molecule has 1 saturated heterocycles. The van der Waals surface area contributed by atoms with Gasteiger partial charge in [0.1, 0.15) is 5.75 Å². The van der Waals surface area contributed by atoms with E-state index in [2.05, 4.69) is 11.8 Å². The van der Waals surface area contributed by atoms with Crippen LogP contribution in [0.4, 0.5) is 0 Å². The Kier molecular flexibility index (Phi) is 9.94. The van der Waals surface area contributed by atoms with Gasteiger partial charge in [0.05, 0.1) is 6.61 Å². The molecule has 1 aromatic carbocycles. The van der Waals surface area contributed by atoms with Gasteiger partial charge in [-0.3, -0.25) is 0 Å². The third-order valence-electron chi connectivity index (χ3n) is 4.38. The number of nitrogens with zero attached hydrogens (tertiary/aromatic N) is 1. The summed E-state index contributed by atoms with van der Waals surface area (Å²) in [6, 6.07) is 7.68. The summed E-state index contributed by atoms with van der Waals surface area (Å²) in [4.78, 5) is 2.63. The highest BCUT2D eigenvalue weighted by molar-refractivity contribution is 6.30. The molecule has 0 saturated carbocycles. The summed E-state index contributed by atoms with van der Waals surface area (Å²) in [6.45, 7) is 6.91. The van der Waals surface area contributed by atoms with E-state index < -0.39 is 0 Å². The van der Waals surface area contributed by atoms with Crippen LogP contribution in [0.3, 0.4) is 0 Å². The highest BCUT2D eigenvalue weighted by atomic mass is 35.5. The van der Waals surface area contributed by atoms with Crippen LogP contribution in [-0.4, -0.2) is 31.1 Å². The maximum atomic E-state index is 5.96. The Balaban J connectivity index is 0.00000242. The SMILES string of the molecule is CCCCCN1CCC(CCOc2cccc(Cl)c2)CC1.Cl. The van der Waals surface area contributed by atoms with E-state index in [-0.39, 0.29) is 12.4 Å². The smallest absolute Gasteiger partial charge is 0.120 e. The molecule has 0 spiro atoms. The molecule has 0 aromatic heterocycles. The molecule has 1 fully saturated rings. The van der Waals surface area contributed by atoms with Crippen LogP contribution in [0.1, 0.15) is 45.4 Å². The molecular formula is C18H29Cl2NO. The first kappa shape index (κ1) is 19.6. The predicted octanol–water partition coefficient (Wildman–Crippen LogP) is 5.43. The summed E-state index contributed by atoms with van der Waals surface area (Å²) < 4.78 is 5.80. The van der Waals surface area contributed by atoms with Gasteiger partial charge in [-0.15, -0.1) is 12.4 Å². The first-order valence-corrected chi connectivity index (χ1v) is 8.76. The summed E-state index contributed by atoms with van der Waals surface area (Å²) >= 11 is 5.96. The van der Waals surface area contributed by atoms with Crippen molar-refractivity contribution in [1.29, 1.82) is 0 Å². The second kappa shape index (κ2) is 11.2. The van der Waals surface area contributed by atoms with Gasteiger partial charge in [0, 0.05) is 5.02 Å². The Hall–Kier alpha value is -0.440. The minimum absolute atomic E-state index is 0. The predicted molar refractivity (Wildman–Crippen MR) is 97.5 cm³/mol. The van der Waals surface area contributed by atoms with E-state index in [1.807, 2.05) is 24.3 Å². The minimum Gasteiger partial charge on any atom is -0.494 e. The van der Waals surface area contributed by atoms with E-state index in [1.165, 1.54) is 51.7 Å². The second-order valence-corrected chi connectivity index (χ2v) is 6.52. The molecule has 1 aromatic rings. The number of piperidine rings is 1. The fourth-order valence-corrected chi connectivity index (χ4v) is 3.16. The van der Waals surface area contributed by atoms with E-state index in [0.717, 1.165) is 29.7 Å². The van der Waals surface area contributed by atoms with Crippen molar-refractivity contribution in [3.05, 3.63) is 29.3 Å². The fraction of sp³-hybridized carbons (Fsp3) is 0.667. The summed E-state index contributed by atoms with van der Waals surface area (Å²) in [5.74, 6) is 1.71. The van der Waals surface area contributed by atoms with Crippen LogP contribution >= 0.6 is 24.0 Å². The van der Waals surface area contributed by atoms with Crippen LogP contribution in [-0.2, 0) is 0 Å². The molecule has 0 radical (unpaired) electrons. The fourth-order valence-electron chi connectivity index (χ4n) is 2.98. The summed E-state index contributed by atoms with van der Waals surface area (Å²) in [7, 11) is 0. The topological polar surface area (TPSA) is 12.5 Å². The van der Waals surface area contributed by atoms with Gasteiger partial charge < -0.3 is 9.64 Å². The highest BCUT2D eigenvalue weighted by Crippen LogP contribution is 2.22. The quantitative estimate of drug-likeness (QED) is 0.582. The average molecular weight is 346 g/mol. The lowest BCUT2D eigenvalue weighted by Crippen LogP contribution is -2.34. The lowest BCUT2D eigenvalue weighted by Gasteiger charge is -2.31. The highest BCUT2D eigenvalue weighted by Gasteiger charge is 2.18. The van der Waals surface area contributed by atoms with E-state index >= 15 is 0 Å². The van der Waals surface area contributed by atoms with Gasteiger partial charge in [-0.2, -0.15) is 0 Å². The molecule has 0 bridgehead atoms. The Bertz CT molecular complexity index is 406. The maximum absolute atomic E-state index is 5.96. The van der Waals surface area contributed by atoms with E-state index in [1.54, 1.807) is 0 Å². The van der Waals surface area contributed by atoms with Gasteiger partial charge in [0.2, 0.25) is 0 Å². The Morgan fingerprint density at radius 3 is 2.68 bits per heavy atom. The molecule has 1 heterocycles. The van der Waals surface area contributed by atoms with E-state index in [9.17, 15) is 0 Å². The number of halogens is 2. The monoisotopic (exact) mass is 345 g/mol. The number of hydrogen-bond donors (Lipinski definition) is 0. The second-order valence-electron chi connectivity index (χ2n) is 6.09. The van der Waals surface area contributed by atoms with Crippen LogP contribution < -0.4 is 4.74 Å². The number of unbranched alkanes of at least 4 members (excludes halogenated alkanes) is 2. The van der Waals surface area contributed by atoms with Crippen molar-refractivity contribution in [1.82, 2.24) is 4.90 Å². The molecule has 4 heteroatoms. The molecule has 0 amide bonds. The van der Waals surface area contributed by atoms with Gasteiger partial charge in [-0.1, -0.05) is 37.4 Å². The van der Waals surface area contributed by atoms with Gasteiger partial charge in [-0.25, -0.2) is 0 Å². The van der Waals surface area contributed by atoms with Crippen LogP contribution in [0.2, 0.25) is 5.02 Å². The molecule has 2 rings (SSSR count). The Morgan fingerprint density at radius 1 is 1.23 bits per heavy atom. The zero-order valence-corrected chi connectivity index (χ0v) is 15.2. The number of rotatable bonds is 8. The molecule has 1 aliphatic rings. The molecule has 126 valence electrons. The maximum Gasteiger partial charge on any atom is 0.120 e. The molecule has 0 unspecified atom stereocenters. The van der Waals surface area contributed by atoms with Crippen molar-refractivity contribution in [3.63, 3.8) is 0 Å². The van der Waals surface area contributed by atoms with Crippen LogP contribution in [0.5, 0.6) is 5.75 Å². The molecule has 0 atom stereocenters. The van der Waals surface area contributed by atoms with Crippen LogP contribution in [0.25, 0.3) is 0 Å². The number of likely N-dealkylation sites (tertiary alicyclic amines) is 1. The van der Waals surface area contributed by atoms with Crippen molar-refractivity contribution in [2.24, 2.45) is 5.92 Å². The summed E-state index contributed by atoms with van der Waals surface area (Å²) in [6.07, 6.45) is 7.86. The van der Waals surface area contributed by atoms with Crippen molar-refractivity contribution in [2.75, 3.05) is 26.2 Å². The Labute approximate surface area is 146 Å². The van der Waals surface area contributed by atoms with Crippen molar-refractivity contribution in [3.8, 4) is 5.75 Å². The van der Waals surface area contributed by atoms with E-state index in [4.69, 9.17) is 16.3 Å². The molecule has 0 aliphatic carbocycles. The summed E-state index contributed by atoms with van der Waals surface area (Å²) in [5, 5.41) is 0.743. The zero-order chi connectivity index (χ0) is 14.9. The Morgan fingerprint density at radius 2 is 2.00 bits per heavy atom. The van der Waals surface area contributed by atoms with Gasteiger partial charge in [0.25, 0.3) is 0 Å². The molecule has 1 aliphatic heterocycles. The van der Waals surface area contributed by atoms with Crippen molar-refractivity contribution < 1.29 is 4.74 Å².